The first-order valence-electron chi connectivity index (χ1n) is 11.0. The van der Waals surface area contributed by atoms with Gasteiger partial charge in [0.2, 0.25) is 5.91 Å². The van der Waals surface area contributed by atoms with Crippen molar-refractivity contribution in [2.45, 2.75) is 49.8 Å². The fraction of sp³-hybridized carbons (Fsp3) is 0.545. The molecule has 0 saturated carbocycles. The number of piperidine rings is 2. The normalized spacial score (nSPS) is 20.9. The average Bonchev–Trinajstić information content (AvgIpc) is 3.42. The monoisotopic (exact) mass is 479 g/mol. The zero-order chi connectivity index (χ0) is 22.9. The Balaban J connectivity index is 1.32. The van der Waals surface area contributed by atoms with Gasteiger partial charge in [0.15, 0.2) is 5.76 Å². The SMILES string of the molecule is Cc1ccc(S(=O)(=O)N2CCCC(C(=O)N3CCC(NC(=O)c4occc4C)CC3)C2)s1. The summed E-state index contributed by atoms with van der Waals surface area (Å²) >= 11 is 1.26. The van der Waals surface area contributed by atoms with Crippen molar-refractivity contribution in [3.8, 4) is 0 Å². The molecular formula is C22H29N3O5S2. The molecule has 2 aliphatic heterocycles. The lowest BCUT2D eigenvalue weighted by atomic mass is 9.96. The molecule has 1 unspecified atom stereocenters. The van der Waals surface area contributed by atoms with Gasteiger partial charge in [-0.3, -0.25) is 9.59 Å². The number of nitrogens with one attached hydrogen (secondary N) is 1. The van der Waals surface area contributed by atoms with Crippen LogP contribution in [0.15, 0.2) is 33.1 Å². The van der Waals surface area contributed by atoms with Crippen LogP contribution in [0.4, 0.5) is 0 Å². The Bertz CT molecular complexity index is 1080. The van der Waals surface area contributed by atoms with Crippen LogP contribution in [0.3, 0.4) is 0 Å². The van der Waals surface area contributed by atoms with Crippen LogP contribution in [0, 0.1) is 19.8 Å². The van der Waals surface area contributed by atoms with Crippen LogP contribution in [0.1, 0.15) is 46.7 Å². The minimum atomic E-state index is -3.56. The molecule has 0 aliphatic carbocycles. The smallest absolute Gasteiger partial charge is 0.287 e. The lowest BCUT2D eigenvalue weighted by Crippen LogP contribution is -2.51. The van der Waals surface area contributed by atoms with Gasteiger partial charge in [-0.15, -0.1) is 11.3 Å². The van der Waals surface area contributed by atoms with E-state index in [0.29, 0.717) is 55.3 Å². The number of hydrogen-bond donors (Lipinski definition) is 1. The Kier molecular flexibility index (Phi) is 6.73. The standard InChI is InChI=1S/C22H29N3O5S2/c1-15-9-13-30-20(15)21(26)23-18-7-11-24(12-8-18)22(27)17-4-3-10-25(14-17)32(28,29)19-6-5-16(2)31-19/h5-6,9,13,17-18H,3-4,7-8,10-12,14H2,1-2H3,(H,23,26). The van der Waals surface area contributed by atoms with Crippen molar-refractivity contribution in [1.82, 2.24) is 14.5 Å². The number of aryl methyl sites for hydroxylation is 2. The number of sulfonamides is 1. The van der Waals surface area contributed by atoms with E-state index in [2.05, 4.69) is 5.32 Å². The van der Waals surface area contributed by atoms with Gasteiger partial charge in [0.25, 0.3) is 15.9 Å². The summed E-state index contributed by atoms with van der Waals surface area (Å²) in [6.07, 6.45) is 4.21. The van der Waals surface area contributed by atoms with Crippen LogP contribution >= 0.6 is 11.3 Å². The molecule has 2 aromatic rings. The highest BCUT2D eigenvalue weighted by Gasteiger charge is 2.36. The second-order valence-electron chi connectivity index (χ2n) is 8.57. The molecule has 2 amide bonds. The van der Waals surface area contributed by atoms with Gasteiger partial charge >= 0.3 is 0 Å². The number of carbonyl (C=O) groups excluding carboxylic acids is 2. The first-order chi connectivity index (χ1) is 15.3. The highest BCUT2D eigenvalue weighted by Crippen LogP contribution is 2.29. The molecule has 2 aliphatic rings. The Hall–Kier alpha value is -2.17. The van der Waals surface area contributed by atoms with Crippen molar-refractivity contribution >= 4 is 33.2 Å². The summed E-state index contributed by atoms with van der Waals surface area (Å²) in [5.74, 6) is -0.211. The molecule has 0 aromatic carbocycles. The van der Waals surface area contributed by atoms with Crippen molar-refractivity contribution < 1.29 is 22.4 Å². The van der Waals surface area contributed by atoms with Gasteiger partial charge in [-0.25, -0.2) is 8.42 Å². The van der Waals surface area contributed by atoms with E-state index in [-0.39, 0.29) is 30.3 Å². The summed E-state index contributed by atoms with van der Waals surface area (Å²) in [6.45, 7) is 5.49. The third-order valence-corrected chi connectivity index (χ3v) is 9.59. The van der Waals surface area contributed by atoms with Crippen LogP contribution in [0.2, 0.25) is 0 Å². The topological polar surface area (TPSA) is 99.9 Å². The largest absolute Gasteiger partial charge is 0.459 e. The van der Waals surface area contributed by atoms with E-state index >= 15 is 0 Å². The molecule has 2 fully saturated rings. The Morgan fingerprint density at radius 1 is 1.09 bits per heavy atom. The lowest BCUT2D eigenvalue weighted by molar-refractivity contribution is -0.137. The predicted molar refractivity (Wildman–Crippen MR) is 121 cm³/mol. The lowest BCUT2D eigenvalue weighted by Gasteiger charge is -2.37. The van der Waals surface area contributed by atoms with Crippen molar-refractivity contribution in [2.24, 2.45) is 5.92 Å². The van der Waals surface area contributed by atoms with E-state index in [1.54, 1.807) is 18.2 Å². The Morgan fingerprint density at radius 2 is 1.84 bits per heavy atom. The zero-order valence-corrected chi connectivity index (χ0v) is 20.0. The molecule has 4 heterocycles. The molecule has 1 N–H and O–H groups in total. The van der Waals surface area contributed by atoms with Gasteiger partial charge in [0.05, 0.1) is 12.2 Å². The van der Waals surface area contributed by atoms with Crippen LogP contribution in [-0.2, 0) is 14.8 Å². The quantitative estimate of drug-likeness (QED) is 0.711. The summed E-state index contributed by atoms with van der Waals surface area (Å²) in [5.41, 5.74) is 0.796. The van der Waals surface area contributed by atoms with E-state index < -0.39 is 10.0 Å². The molecule has 0 spiro atoms. The molecule has 174 valence electrons. The fourth-order valence-corrected chi connectivity index (χ4v) is 7.36. The number of hydrogen-bond acceptors (Lipinski definition) is 6. The summed E-state index contributed by atoms with van der Waals surface area (Å²) in [7, 11) is -3.56. The summed E-state index contributed by atoms with van der Waals surface area (Å²) < 4.78 is 33.0. The number of furan rings is 1. The number of rotatable bonds is 5. The van der Waals surface area contributed by atoms with Gasteiger partial charge in [-0.05, 0) is 57.7 Å². The maximum Gasteiger partial charge on any atom is 0.287 e. The van der Waals surface area contributed by atoms with Crippen LogP contribution < -0.4 is 5.32 Å². The van der Waals surface area contributed by atoms with Gasteiger partial charge in [-0.2, -0.15) is 4.31 Å². The van der Waals surface area contributed by atoms with E-state index in [0.717, 1.165) is 10.4 Å². The summed E-state index contributed by atoms with van der Waals surface area (Å²) in [4.78, 5) is 28.3. The average molecular weight is 480 g/mol. The highest BCUT2D eigenvalue weighted by molar-refractivity contribution is 7.91. The van der Waals surface area contributed by atoms with Crippen LogP contribution in [0.5, 0.6) is 0 Å². The molecule has 32 heavy (non-hydrogen) atoms. The second-order valence-corrected chi connectivity index (χ2v) is 12.0. The summed E-state index contributed by atoms with van der Waals surface area (Å²) in [5, 5.41) is 2.99. The molecule has 4 rings (SSSR count). The van der Waals surface area contributed by atoms with Crippen LogP contribution in [-0.4, -0.2) is 61.7 Å². The van der Waals surface area contributed by atoms with Gasteiger partial charge < -0.3 is 14.6 Å². The Labute approximate surface area is 192 Å². The predicted octanol–water partition coefficient (Wildman–Crippen LogP) is 2.78. The Morgan fingerprint density at radius 3 is 2.47 bits per heavy atom. The van der Waals surface area contributed by atoms with E-state index in [1.807, 2.05) is 18.7 Å². The number of carbonyl (C=O) groups is 2. The third-order valence-electron chi connectivity index (χ3n) is 6.25. The highest BCUT2D eigenvalue weighted by atomic mass is 32.2. The zero-order valence-electron chi connectivity index (χ0n) is 18.4. The van der Waals surface area contributed by atoms with E-state index in [9.17, 15) is 18.0 Å². The molecule has 0 radical (unpaired) electrons. The number of likely N-dealkylation sites (tertiary alicyclic amines) is 1. The van der Waals surface area contributed by atoms with Crippen molar-refractivity contribution in [1.29, 1.82) is 0 Å². The maximum atomic E-state index is 13.1. The van der Waals surface area contributed by atoms with Gasteiger partial charge in [0.1, 0.15) is 4.21 Å². The number of amides is 2. The minimum absolute atomic E-state index is 0.0126. The third kappa shape index (κ3) is 4.77. The molecule has 10 heteroatoms. The van der Waals surface area contributed by atoms with Crippen molar-refractivity contribution in [3.05, 3.63) is 40.7 Å². The molecule has 1 atom stereocenters. The second kappa shape index (κ2) is 9.36. The molecule has 0 bridgehead atoms. The number of thiophene rings is 1. The maximum absolute atomic E-state index is 13.1. The molecule has 2 saturated heterocycles. The van der Waals surface area contributed by atoms with Crippen LogP contribution in [0.25, 0.3) is 0 Å². The summed E-state index contributed by atoms with van der Waals surface area (Å²) in [6, 6.07) is 5.19. The minimum Gasteiger partial charge on any atom is -0.459 e. The first kappa shape index (κ1) is 23.0. The molecular weight excluding hydrogens is 450 g/mol. The van der Waals surface area contributed by atoms with Gasteiger partial charge in [-0.1, -0.05) is 0 Å². The molecule has 8 nitrogen and oxygen atoms in total. The van der Waals surface area contributed by atoms with E-state index in [4.69, 9.17) is 4.42 Å². The number of nitrogens with zero attached hydrogens (tertiary/aromatic N) is 2. The van der Waals surface area contributed by atoms with E-state index in [1.165, 1.54) is 21.9 Å². The van der Waals surface area contributed by atoms with Crippen molar-refractivity contribution in [2.75, 3.05) is 26.2 Å². The van der Waals surface area contributed by atoms with Gasteiger partial charge in [0, 0.05) is 42.7 Å². The van der Waals surface area contributed by atoms with Crippen molar-refractivity contribution in [3.63, 3.8) is 0 Å². The fourth-order valence-electron chi connectivity index (χ4n) is 4.40. The molecule has 2 aromatic heterocycles. The first-order valence-corrected chi connectivity index (χ1v) is 13.2.